The second-order valence-corrected chi connectivity index (χ2v) is 8.02. The van der Waals surface area contributed by atoms with Gasteiger partial charge in [-0.1, -0.05) is 20.5 Å². The van der Waals surface area contributed by atoms with Gasteiger partial charge >= 0.3 is 12.0 Å². The molecule has 0 spiro atoms. The third-order valence-electron chi connectivity index (χ3n) is 4.37. The van der Waals surface area contributed by atoms with Crippen LogP contribution < -0.4 is 4.90 Å². The number of anilines is 1. The monoisotopic (exact) mass is 507 g/mol. The summed E-state index contributed by atoms with van der Waals surface area (Å²) in [6.07, 6.45) is 0. The summed E-state index contributed by atoms with van der Waals surface area (Å²) < 4.78 is 14.0. The van der Waals surface area contributed by atoms with Gasteiger partial charge in [-0.15, -0.1) is 20.5 Å². The van der Waals surface area contributed by atoms with E-state index in [2.05, 4.69) is 55.3 Å². The molecule has 0 saturated heterocycles. The lowest BCUT2D eigenvalue weighted by molar-refractivity contribution is 0.420. The van der Waals surface area contributed by atoms with Gasteiger partial charge in [-0.05, 0) is 38.4 Å². The maximum atomic E-state index is 11.0. The van der Waals surface area contributed by atoms with E-state index >= 15 is 0 Å². The first-order chi connectivity index (χ1) is 17.3. The Bertz CT molecular complexity index is 1540. The van der Waals surface area contributed by atoms with Gasteiger partial charge in [-0.2, -0.15) is 19.6 Å². The molecule has 0 bridgehead atoms. The molecule has 0 radical (unpaired) electrons. The number of nitriles is 1. The van der Waals surface area contributed by atoms with Crippen molar-refractivity contribution in [3.63, 3.8) is 0 Å². The molecular weight excluding hydrogens is 490 g/mol. The highest BCUT2D eigenvalue weighted by Crippen LogP contribution is 2.50. The van der Waals surface area contributed by atoms with Crippen molar-refractivity contribution < 1.29 is 14.2 Å². The van der Waals surface area contributed by atoms with E-state index in [0.717, 1.165) is 11.5 Å². The number of phenolic OH excluding ortho intramolecular Hbond substituents is 1. The van der Waals surface area contributed by atoms with Crippen LogP contribution in [0.15, 0.2) is 45.8 Å². The number of aromatic hydroxyl groups is 1. The van der Waals surface area contributed by atoms with Crippen LogP contribution in [0.5, 0.6) is 5.75 Å². The number of aromatic nitrogens is 5. The average molecular weight is 508 g/mol. The van der Waals surface area contributed by atoms with Crippen LogP contribution in [0.3, 0.4) is 0 Å². The number of azo groups is 3. The van der Waals surface area contributed by atoms with Gasteiger partial charge in [-0.25, -0.2) is 0 Å². The highest BCUT2D eigenvalue weighted by atomic mass is 32.1. The second-order valence-electron chi connectivity index (χ2n) is 7.26. The first kappa shape index (κ1) is 24.2. The average Bonchev–Trinajstić information content (AvgIpc) is 3.55. The van der Waals surface area contributed by atoms with E-state index in [-0.39, 0.29) is 45.4 Å². The maximum Gasteiger partial charge on any atom is 0.366 e. The molecule has 0 unspecified atom stereocenters. The molecule has 1 N–H and O–H groups in total. The molecule has 3 heterocycles. The lowest BCUT2D eigenvalue weighted by atomic mass is 10.1. The van der Waals surface area contributed by atoms with Gasteiger partial charge in [0.1, 0.15) is 23.0 Å². The van der Waals surface area contributed by atoms with Crippen LogP contribution in [-0.4, -0.2) is 43.9 Å². The van der Waals surface area contributed by atoms with E-state index in [1.807, 2.05) is 6.07 Å². The Kier molecular flexibility index (Phi) is 6.78. The topological polar surface area (TPSA) is 212 Å². The summed E-state index contributed by atoms with van der Waals surface area (Å²) in [6, 6.07) is 3.27. The zero-order valence-electron chi connectivity index (χ0n) is 19.6. The summed E-state index contributed by atoms with van der Waals surface area (Å²) in [5.74, 6) is 0.380. The van der Waals surface area contributed by atoms with Crippen LogP contribution in [0.2, 0.25) is 0 Å². The summed E-state index contributed by atoms with van der Waals surface area (Å²) in [7, 11) is 3.42. The Morgan fingerprint density at radius 2 is 1.53 bits per heavy atom. The van der Waals surface area contributed by atoms with Gasteiger partial charge < -0.3 is 19.1 Å². The lowest BCUT2D eigenvalue weighted by Gasteiger charge is -2.18. The minimum absolute atomic E-state index is 0.0241. The highest BCUT2D eigenvalue weighted by Gasteiger charge is 2.21. The van der Waals surface area contributed by atoms with Crippen molar-refractivity contribution in [1.82, 2.24) is 24.7 Å². The highest BCUT2D eigenvalue weighted by molar-refractivity contribution is 7.10. The quantitative estimate of drug-likeness (QED) is 0.300. The fourth-order valence-corrected chi connectivity index (χ4v) is 3.48. The number of nitrogens with zero attached hydrogens (tertiary/aromatic N) is 13. The Morgan fingerprint density at radius 1 is 0.917 bits per heavy atom. The number of aryl methyl sites for hydroxylation is 3. The van der Waals surface area contributed by atoms with E-state index in [0.29, 0.717) is 23.0 Å². The predicted molar refractivity (Wildman–Crippen MR) is 125 cm³/mol. The van der Waals surface area contributed by atoms with Crippen LogP contribution >= 0.6 is 11.5 Å². The van der Waals surface area contributed by atoms with Gasteiger partial charge in [0.05, 0.1) is 11.4 Å². The Labute approximate surface area is 206 Å². The molecule has 0 atom stereocenters. The number of rotatable bonds is 7. The zero-order chi connectivity index (χ0) is 25.8. The smallest absolute Gasteiger partial charge is 0.366 e. The molecule has 0 aliphatic carbocycles. The van der Waals surface area contributed by atoms with Crippen molar-refractivity contribution in [2.45, 2.75) is 20.8 Å². The van der Waals surface area contributed by atoms with E-state index < -0.39 is 0 Å². The molecule has 3 aromatic heterocycles. The van der Waals surface area contributed by atoms with E-state index in [1.165, 1.54) is 6.07 Å². The van der Waals surface area contributed by atoms with Crippen LogP contribution in [0.25, 0.3) is 0 Å². The molecule has 1 aromatic carbocycles. The second kappa shape index (κ2) is 10.1. The molecule has 16 nitrogen and oxygen atoms in total. The van der Waals surface area contributed by atoms with Crippen molar-refractivity contribution in [3.05, 3.63) is 29.0 Å². The van der Waals surface area contributed by atoms with E-state index in [9.17, 15) is 10.4 Å². The maximum absolute atomic E-state index is 11.0. The summed E-state index contributed by atoms with van der Waals surface area (Å²) >= 11 is 1.00. The molecule has 17 heteroatoms. The summed E-state index contributed by atoms with van der Waals surface area (Å²) in [5, 5.41) is 52.4. The minimum Gasteiger partial charge on any atom is -0.504 e. The SMILES string of the molecule is Cc1noc(/N=N/c2cc(/N=N/c3snc(C)c3C#N)c(O)c(/N=N/c3nc(C)no3)c2N(C)C)n1. The minimum atomic E-state index is -0.366. The van der Waals surface area contributed by atoms with E-state index in [4.69, 9.17) is 9.05 Å². The summed E-state index contributed by atoms with van der Waals surface area (Å²) in [6.45, 7) is 4.95. The third-order valence-corrected chi connectivity index (χ3v) is 5.20. The summed E-state index contributed by atoms with van der Waals surface area (Å²) in [4.78, 5) is 9.60. The molecule has 4 rings (SSSR count). The molecular formula is C19H17N13O3S. The van der Waals surface area contributed by atoms with Gasteiger partial charge in [0.2, 0.25) is 0 Å². The van der Waals surface area contributed by atoms with Crippen molar-refractivity contribution in [2.24, 2.45) is 30.7 Å². The molecule has 4 aromatic rings. The van der Waals surface area contributed by atoms with Crippen molar-refractivity contribution in [3.8, 4) is 11.8 Å². The largest absolute Gasteiger partial charge is 0.504 e. The number of hydrogen-bond acceptors (Lipinski definition) is 17. The molecule has 0 aliphatic rings. The molecule has 0 amide bonds. The Hall–Kier alpha value is -4.98. The van der Waals surface area contributed by atoms with Gasteiger partial charge in [-0.3, -0.25) is 0 Å². The molecule has 0 fully saturated rings. The van der Waals surface area contributed by atoms with Crippen LogP contribution in [0, 0.1) is 32.1 Å². The van der Waals surface area contributed by atoms with Crippen LogP contribution in [0.1, 0.15) is 22.9 Å². The lowest BCUT2D eigenvalue weighted by Crippen LogP contribution is -2.09. The first-order valence-electron chi connectivity index (χ1n) is 10.1. The molecule has 0 saturated carbocycles. The van der Waals surface area contributed by atoms with Gasteiger partial charge in [0.25, 0.3) is 0 Å². The Morgan fingerprint density at radius 3 is 2.08 bits per heavy atom. The van der Waals surface area contributed by atoms with Crippen molar-refractivity contribution in [2.75, 3.05) is 19.0 Å². The fourth-order valence-electron chi connectivity index (χ4n) is 2.81. The van der Waals surface area contributed by atoms with Gasteiger partial charge in [0, 0.05) is 14.1 Å². The summed E-state index contributed by atoms with van der Waals surface area (Å²) in [5.41, 5.74) is 1.31. The van der Waals surface area contributed by atoms with Gasteiger partial charge in [0.15, 0.2) is 28.1 Å². The fraction of sp³-hybridized carbons (Fsp3) is 0.263. The molecule has 182 valence electrons. The van der Waals surface area contributed by atoms with E-state index in [1.54, 1.807) is 39.8 Å². The predicted octanol–water partition coefficient (Wildman–Crippen LogP) is 5.72. The van der Waals surface area contributed by atoms with Crippen molar-refractivity contribution >= 4 is 51.3 Å². The normalized spacial score (nSPS) is 11.8. The Balaban J connectivity index is 1.86. The first-order valence-corrected chi connectivity index (χ1v) is 10.8. The zero-order valence-corrected chi connectivity index (χ0v) is 20.4. The van der Waals surface area contributed by atoms with Crippen LogP contribution in [0.4, 0.5) is 39.8 Å². The molecule has 36 heavy (non-hydrogen) atoms. The number of benzene rings is 1. The number of hydrogen-bond donors (Lipinski definition) is 1. The number of phenols is 1. The van der Waals surface area contributed by atoms with Crippen LogP contribution in [-0.2, 0) is 0 Å². The standard InChI is InChI=1S/C19H17N13O3S/c1-8-11(7-20)17(36-31-8)26-24-13-6-12(23-27-18-21-9(2)29-34-18)15(32(4)5)14(16(13)33)25-28-19-22-10(3)30-35-19/h6,33H,1-5H3/b26-24+,27-23+,28-25+. The third kappa shape index (κ3) is 5.07. The van der Waals surface area contributed by atoms with Crippen molar-refractivity contribution in [1.29, 1.82) is 5.26 Å². The molecule has 0 aliphatic heterocycles.